The van der Waals surface area contributed by atoms with E-state index in [0.29, 0.717) is 42.7 Å². The average Bonchev–Trinajstić information content (AvgIpc) is 3.34. The lowest BCUT2D eigenvalue weighted by Crippen LogP contribution is -2.27. The highest BCUT2D eigenvalue weighted by Gasteiger charge is 2.27. The fraction of sp³-hybridized carbons (Fsp3) is 0.400. The Kier molecular flexibility index (Phi) is 8.10. The van der Waals surface area contributed by atoms with Crippen LogP contribution in [0.2, 0.25) is 0 Å². The van der Waals surface area contributed by atoms with Crippen LogP contribution in [0.25, 0.3) is 6.08 Å². The molecule has 1 fully saturated rings. The fourth-order valence-corrected chi connectivity index (χ4v) is 4.97. The maximum Gasteiger partial charge on any atom is 0.243 e. The van der Waals surface area contributed by atoms with Gasteiger partial charge in [-0.1, -0.05) is 26.0 Å². The molecule has 0 spiro atoms. The van der Waals surface area contributed by atoms with Crippen LogP contribution < -0.4 is 9.47 Å². The van der Waals surface area contributed by atoms with Gasteiger partial charge in [0.15, 0.2) is 17.3 Å². The molecule has 7 heteroatoms. The number of benzene rings is 2. The van der Waals surface area contributed by atoms with Crippen molar-refractivity contribution in [1.29, 1.82) is 0 Å². The maximum atomic E-state index is 12.6. The van der Waals surface area contributed by atoms with Gasteiger partial charge in [-0.2, -0.15) is 4.31 Å². The van der Waals surface area contributed by atoms with Crippen LogP contribution in [0.15, 0.2) is 53.4 Å². The molecule has 6 nitrogen and oxygen atoms in total. The molecule has 32 heavy (non-hydrogen) atoms. The van der Waals surface area contributed by atoms with Crippen LogP contribution in [0.4, 0.5) is 0 Å². The number of hydrogen-bond donors (Lipinski definition) is 0. The quantitative estimate of drug-likeness (QED) is 0.378. The molecule has 172 valence electrons. The van der Waals surface area contributed by atoms with Gasteiger partial charge in [-0.15, -0.1) is 0 Å². The first kappa shape index (κ1) is 24.0. The lowest BCUT2D eigenvalue weighted by molar-refractivity contribution is 0.104. The summed E-state index contributed by atoms with van der Waals surface area (Å²) in [5, 5.41) is 0. The molecule has 0 aromatic heterocycles. The Labute approximate surface area is 190 Å². The summed E-state index contributed by atoms with van der Waals surface area (Å²) in [7, 11) is -1.90. The second-order valence-corrected chi connectivity index (χ2v) is 10.2. The summed E-state index contributed by atoms with van der Waals surface area (Å²) >= 11 is 0. The van der Waals surface area contributed by atoms with E-state index in [-0.39, 0.29) is 10.7 Å². The van der Waals surface area contributed by atoms with Crippen LogP contribution in [-0.2, 0) is 10.0 Å². The fourth-order valence-electron chi connectivity index (χ4n) is 3.45. The van der Waals surface area contributed by atoms with Crippen LogP contribution in [0.1, 0.15) is 49.0 Å². The van der Waals surface area contributed by atoms with Gasteiger partial charge in [-0.3, -0.25) is 4.79 Å². The van der Waals surface area contributed by atoms with E-state index >= 15 is 0 Å². The zero-order valence-electron chi connectivity index (χ0n) is 18.9. The van der Waals surface area contributed by atoms with Crippen LogP contribution >= 0.6 is 0 Å². The van der Waals surface area contributed by atoms with E-state index in [2.05, 4.69) is 13.8 Å². The molecule has 1 saturated heterocycles. The Bertz CT molecular complexity index is 1050. The largest absolute Gasteiger partial charge is 0.493 e. The molecule has 1 aliphatic rings. The molecular weight excluding hydrogens is 426 g/mol. The maximum absolute atomic E-state index is 12.6. The third-order valence-corrected chi connectivity index (χ3v) is 7.32. The van der Waals surface area contributed by atoms with Crippen LogP contribution in [0.3, 0.4) is 0 Å². The summed E-state index contributed by atoms with van der Waals surface area (Å²) < 4.78 is 37.9. The molecule has 0 unspecified atom stereocenters. The number of nitrogens with zero attached hydrogens (tertiary/aromatic N) is 1. The normalized spacial score (nSPS) is 14.9. The van der Waals surface area contributed by atoms with E-state index < -0.39 is 10.0 Å². The van der Waals surface area contributed by atoms with E-state index in [1.54, 1.807) is 25.3 Å². The lowest BCUT2D eigenvalue weighted by atomic mass is 10.1. The summed E-state index contributed by atoms with van der Waals surface area (Å²) in [6, 6.07) is 11.6. The molecule has 0 atom stereocenters. The third-order valence-electron chi connectivity index (χ3n) is 5.41. The number of ether oxygens (including phenoxy) is 2. The van der Waals surface area contributed by atoms with Gasteiger partial charge in [-0.25, -0.2) is 8.42 Å². The number of allylic oxidation sites excluding steroid dienone is 1. The number of sulfonamides is 1. The molecule has 2 aromatic rings. The number of rotatable bonds is 10. The molecule has 3 rings (SSSR count). The van der Waals surface area contributed by atoms with Crippen molar-refractivity contribution in [2.24, 2.45) is 5.92 Å². The first-order valence-corrected chi connectivity index (χ1v) is 12.4. The Morgan fingerprint density at radius 2 is 1.75 bits per heavy atom. The Morgan fingerprint density at radius 3 is 2.38 bits per heavy atom. The Balaban J connectivity index is 1.66. The van der Waals surface area contributed by atoms with Gasteiger partial charge < -0.3 is 9.47 Å². The molecule has 0 bridgehead atoms. The molecule has 0 radical (unpaired) electrons. The minimum atomic E-state index is -3.48. The topological polar surface area (TPSA) is 72.9 Å². The van der Waals surface area contributed by atoms with Crippen molar-refractivity contribution >= 4 is 21.9 Å². The number of carbonyl (C=O) groups excluding carboxylic acids is 1. The van der Waals surface area contributed by atoms with E-state index in [4.69, 9.17) is 9.47 Å². The highest BCUT2D eigenvalue weighted by atomic mass is 32.2. The zero-order chi connectivity index (χ0) is 23.1. The van der Waals surface area contributed by atoms with Crippen molar-refractivity contribution in [2.75, 3.05) is 26.8 Å². The van der Waals surface area contributed by atoms with E-state index in [1.165, 1.54) is 22.5 Å². The Hall–Kier alpha value is -2.64. The van der Waals surface area contributed by atoms with Gasteiger partial charge in [0.05, 0.1) is 18.6 Å². The highest BCUT2D eigenvalue weighted by molar-refractivity contribution is 7.89. The molecule has 0 N–H and O–H groups in total. The predicted octanol–water partition coefficient (Wildman–Crippen LogP) is 4.80. The van der Waals surface area contributed by atoms with Crippen molar-refractivity contribution in [1.82, 2.24) is 4.31 Å². The summed E-state index contributed by atoms with van der Waals surface area (Å²) in [6.45, 7) is 6.01. The van der Waals surface area contributed by atoms with Crippen molar-refractivity contribution < 1.29 is 22.7 Å². The number of methoxy groups -OCH3 is 1. The van der Waals surface area contributed by atoms with Gasteiger partial charge in [0.1, 0.15) is 0 Å². The number of hydrogen-bond acceptors (Lipinski definition) is 5. The Morgan fingerprint density at radius 1 is 1.06 bits per heavy atom. The molecule has 1 aliphatic heterocycles. The molecule has 2 aromatic carbocycles. The van der Waals surface area contributed by atoms with Crippen LogP contribution in [0.5, 0.6) is 11.5 Å². The van der Waals surface area contributed by atoms with E-state index in [1.807, 2.05) is 18.2 Å². The molecule has 0 saturated carbocycles. The number of ketones is 1. The zero-order valence-corrected chi connectivity index (χ0v) is 19.7. The van der Waals surface area contributed by atoms with E-state index in [9.17, 15) is 13.2 Å². The summed E-state index contributed by atoms with van der Waals surface area (Å²) in [5.41, 5.74) is 1.24. The lowest BCUT2D eigenvalue weighted by Gasteiger charge is -2.15. The van der Waals surface area contributed by atoms with Gasteiger partial charge >= 0.3 is 0 Å². The van der Waals surface area contributed by atoms with Gasteiger partial charge in [0, 0.05) is 18.7 Å². The summed E-state index contributed by atoms with van der Waals surface area (Å²) in [4.78, 5) is 12.8. The monoisotopic (exact) mass is 457 g/mol. The number of carbonyl (C=O) groups is 1. The van der Waals surface area contributed by atoms with Gasteiger partial charge in [0.25, 0.3) is 0 Å². The smallest absolute Gasteiger partial charge is 0.243 e. The summed E-state index contributed by atoms with van der Waals surface area (Å²) in [5.74, 6) is 1.64. The highest BCUT2D eigenvalue weighted by Crippen LogP contribution is 2.29. The molecule has 0 amide bonds. The molecule has 1 heterocycles. The average molecular weight is 458 g/mol. The predicted molar refractivity (Wildman–Crippen MR) is 126 cm³/mol. The molecular formula is C25H31NO5S. The second kappa shape index (κ2) is 10.8. The van der Waals surface area contributed by atoms with Crippen LogP contribution in [-0.4, -0.2) is 45.3 Å². The van der Waals surface area contributed by atoms with Crippen molar-refractivity contribution in [3.05, 3.63) is 59.7 Å². The SMILES string of the molecule is COc1cc(/C=C/C(=O)c2ccc(S(=O)(=O)N3CCCC3)cc2)ccc1OCCC(C)C. The van der Waals surface area contributed by atoms with E-state index in [0.717, 1.165) is 24.8 Å². The standard InChI is InChI=1S/C25H31NO5S/c1-19(2)14-17-31-24-13-7-20(18-25(24)30-3)6-12-23(27)21-8-10-22(11-9-21)32(28,29)26-15-4-5-16-26/h6-13,18-19H,4-5,14-17H2,1-3H3/b12-6+. The van der Waals surface area contributed by atoms with Crippen LogP contribution in [0, 0.1) is 5.92 Å². The first-order valence-electron chi connectivity index (χ1n) is 10.9. The van der Waals surface area contributed by atoms with Crippen molar-refractivity contribution in [3.8, 4) is 11.5 Å². The third kappa shape index (κ3) is 5.99. The summed E-state index contributed by atoms with van der Waals surface area (Å²) in [6.07, 6.45) is 5.90. The minimum Gasteiger partial charge on any atom is -0.493 e. The van der Waals surface area contributed by atoms with Crippen molar-refractivity contribution in [2.45, 2.75) is 38.0 Å². The van der Waals surface area contributed by atoms with Gasteiger partial charge in [-0.05, 0) is 73.2 Å². The minimum absolute atomic E-state index is 0.202. The second-order valence-electron chi connectivity index (χ2n) is 8.27. The first-order chi connectivity index (χ1) is 15.3. The molecule has 0 aliphatic carbocycles. The van der Waals surface area contributed by atoms with Gasteiger partial charge in [0.2, 0.25) is 10.0 Å². The van der Waals surface area contributed by atoms with Crippen molar-refractivity contribution in [3.63, 3.8) is 0 Å².